The molecule has 0 saturated carbocycles. The third kappa shape index (κ3) is 74.9. The maximum absolute atomic E-state index is 13.1. The summed E-state index contributed by atoms with van der Waals surface area (Å²) < 4.78 is 68.8. The zero-order chi connectivity index (χ0) is 75.1. The number of esters is 4. The van der Waals surface area contributed by atoms with Gasteiger partial charge < -0.3 is 33.8 Å². The Bertz CT molecular complexity index is 1980. The molecule has 3 unspecified atom stereocenters. The molecule has 19 heteroatoms. The minimum atomic E-state index is -4.96. The van der Waals surface area contributed by atoms with Crippen LogP contribution in [0, 0.1) is 17.8 Å². The number of aliphatic hydroxyl groups excluding tert-OH is 1. The van der Waals surface area contributed by atoms with Crippen LogP contribution in [-0.2, 0) is 65.4 Å². The fraction of sp³-hybridized carbons (Fsp3) is 0.952. The van der Waals surface area contributed by atoms with Crippen LogP contribution in [0.2, 0.25) is 0 Å². The van der Waals surface area contributed by atoms with Crippen LogP contribution < -0.4 is 0 Å². The Morgan fingerprint density at radius 1 is 0.284 bits per heavy atom. The number of phosphoric acid groups is 2. The Hall–Kier alpha value is -1.94. The molecule has 0 radical (unpaired) electrons. The number of hydrogen-bond donors (Lipinski definition) is 3. The molecule has 0 fully saturated rings. The highest BCUT2D eigenvalue weighted by molar-refractivity contribution is 7.47. The molecular weight excluding hydrogens is 1330 g/mol. The number of carbonyl (C=O) groups excluding carboxylic acids is 4. The van der Waals surface area contributed by atoms with Gasteiger partial charge in [0.25, 0.3) is 0 Å². The molecule has 0 amide bonds. The first-order valence-corrected chi connectivity index (χ1v) is 45.9. The molecule has 606 valence electrons. The molecule has 0 aromatic carbocycles. The van der Waals surface area contributed by atoms with Gasteiger partial charge in [-0.25, -0.2) is 9.13 Å². The van der Waals surface area contributed by atoms with Gasteiger partial charge in [0.1, 0.15) is 19.3 Å². The molecule has 0 rings (SSSR count). The smallest absolute Gasteiger partial charge is 0.462 e. The first kappa shape index (κ1) is 100. The molecular formula is C83H162O17P2. The van der Waals surface area contributed by atoms with E-state index in [1.165, 1.54) is 244 Å². The lowest BCUT2D eigenvalue weighted by atomic mass is 9.99. The Morgan fingerprint density at radius 3 is 0.745 bits per heavy atom. The second-order valence-electron chi connectivity index (χ2n) is 31.1. The van der Waals surface area contributed by atoms with Crippen molar-refractivity contribution in [2.75, 3.05) is 39.6 Å². The molecule has 0 aromatic rings. The minimum absolute atomic E-state index is 0.107. The van der Waals surface area contributed by atoms with Crippen LogP contribution in [0.5, 0.6) is 0 Å². The zero-order valence-electron chi connectivity index (χ0n) is 67.1. The van der Waals surface area contributed by atoms with E-state index in [2.05, 4.69) is 48.5 Å². The van der Waals surface area contributed by atoms with Crippen LogP contribution in [0.3, 0.4) is 0 Å². The highest BCUT2D eigenvalue weighted by atomic mass is 31.2. The van der Waals surface area contributed by atoms with Crippen LogP contribution in [0.1, 0.15) is 434 Å². The van der Waals surface area contributed by atoms with Crippen LogP contribution in [0.15, 0.2) is 0 Å². The first-order valence-electron chi connectivity index (χ1n) is 42.9. The molecule has 6 atom stereocenters. The van der Waals surface area contributed by atoms with Crippen LogP contribution in [0.25, 0.3) is 0 Å². The van der Waals surface area contributed by atoms with E-state index in [1.807, 2.05) is 0 Å². The largest absolute Gasteiger partial charge is 0.472 e. The minimum Gasteiger partial charge on any atom is -0.462 e. The topological polar surface area (TPSA) is 237 Å². The number of hydrogen-bond acceptors (Lipinski definition) is 15. The Morgan fingerprint density at radius 2 is 0.500 bits per heavy atom. The van der Waals surface area contributed by atoms with Crippen molar-refractivity contribution in [3.8, 4) is 0 Å². The Labute approximate surface area is 626 Å². The summed E-state index contributed by atoms with van der Waals surface area (Å²) in [5, 5.41) is 10.7. The van der Waals surface area contributed by atoms with E-state index in [9.17, 15) is 43.2 Å². The molecule has 0 bridgehead atoms. The molecule has 0 aliphatic heterocycles. The van der Waals surface area contributed by atoms with E-state index in [-0.39, 0.29) is 25.7 Å². The molecule has 102 heavy (non-hydrogen) atoms. The number of ether oxygens (including phenoxy) is 4. The van der Waals surface area contributed by atoms with E-state index in [0.717, 1.165) is 108 Å². The lowest BCUT2D eigenvalue weighted by Crippen LogP contribution is -2.30. The lowest BCUT2D eigenvalue weighted by Gasteiger charge is -2.21. The molecule has 0 aromatic heterocycles. The summed E-state index contributed by atoms with van der Waals surface area (Å²) in [5.41, 5.74) is 0. The van der Waals surface area contributed by atoms with E-state index in [1.54, 1.807) is 0 Å². The van der Waals surface area contributed by atoms with Gasteiger partial charge in [0.15, 0.2) is 12.2 Å². The summed E-state index contributed by atoms with van der Waals surface area (Å²) in [6.07, 6.45) is 62.3. The van der Waals surface area contributed by atoms with Gasteiger partial charge in [-0.3, -0.25) is 37.3 Å². The summed E-state index contributed by atoms with van der Waals surface area (Å²) in [6, 6.07) is 0. The van der Waals surface area contributed by atoms with Crippen LogP contribution >= 0.6 is 15.6 Å². The van der Waals surface area contributed by atoms with E-state index in [4.69, 9.17) is 37.0 Å². The van der Waals surface area contributed by atoms with Crippen LogP contribution in [0.4, 0.5) is 0 Å². The summed E-state index contributed by atoms with van der Waals surface area (Å²) >= 11 is 0. The SMILES string of the molecule is CCCCCCCCCCCCCCCC(=O)O[C@H](COC(=O)CCCCCCCCCCC(C)CC)COP(=O)(O)OC[C@H](O)COP(=O)(O)OC[C@@H](COC(=O)CCCCCCCCCCCCCCCC(C)C)OC(=O)CCCCCCCCCCCCCCCCCCCCC(C)C. The van der Waals surface area contributed by atoms with Crippen molar-refractivity contribution in [1.82, 2.24) is 0 Å². The zero-order valence-corrected chi connectivity index (χ0v) is 68.9. The molecule has 0 saturated heterocycles. The summed E-state index contributed by atoms with van der Waals surface area (Å²) in [6.45, 7) is 12.0. The molecule has 0 spiro atoms. The van der Waals surface area contributed by atoms with Crippen molar-refractivity contribution in [3.63, 3.8) is 0 Å². The monoisotopic (exact) mass is 1490 g/mol. The second-order valence-corrected chi connectivity index (χ2v) is 34.0. The van der Waals surface area contributed by atoms with Crippen molar-refractivity contribution >= 4 is 39.5 Å². The predicted octanol–water partition coefficient (Wildman–Crippen LogP) is 24.9. The van der Waals surface area contributed by atoms with Crippen LogP contribution in [-0.4, -0.2) is 96.7 Å². The van der Waals surface area contributed by atoms with Gasteiger partial charge in [0.2, 0.25) is 0 Å². The predicted molar refractivity (Wildman–Crippen MR) is 418 cm³/mol. The highest BCUT2D eigenvalue weighted by Gasteiger charge is 2.30. The van der Waals surface area contributed by atoms with E-state index >= 15 is 0 Å². The normalized spacial score (nSPS) is 14.2. The number of phosphoric ester groups is 2. The number of rotatable bonds is 81. The fourth-order valence-electron chi connectivity index (χ4n) is 12.8. The van der Waals surface area contributed by atoms with Crippen molar-refractivity contribution < 1.29 is 80.2 Å². The van der Waals surface area contributed by atoms with Gasteiger partial charge in [-0.15, -0.1) is 0 Å². The van der Waals surface area contributed by atoms with Crippen molar-refractivity contribution in [2.24, 2.45) is 17.8 Å². The van der Waals surface area contributed by atoms with Gasteiger partial charge in [-0.2, -0.15) is 0 Å². The Balaban J connectivity index is 5.24. The summed E-state index contributed by atoms with van der Waals surface area (Å²) in [5.74, 6) is 0.282. The maximum atomic E-state index is 13.1. The molecule has 0 heterocycles. The average Bonchev–Trinajstić information content (AvgIpc) is 0.957. The van der Waals surface area contributed by atoms with Crippen molar-refractivity contribution in [2.45, 2.75) is 452 Å². The van der Waals surface area contributed by atoms with Gasteiger partial charge in [-0.1, -0.05) is 382 Å². The van der Waals surface area contributed by atoms with Gasteiger partial charge in [-0.05, 0) is 43.4 Å². The van der Waals surface area contributed by atoms with E-state index in [0.29, 0.717) is 25.7 Å². The Kier molecular flexibility index (Phi) is 71.8. The quantitative estimate of drug-likeness (QED) is 0.0222. The average molecular weight is 1490 g/mol. The molecule has 3 N–H and O–H groups in total. The van der Waals surface area contributed by atoms with E-state index < -0.39 is 97.5 Å². The summed E-state index contributed by atoms with van der Waals surface area (Å²) in [7, 11) is -9.92. The third-order valence-corrected chi connectivity index (χ3v) is 21.6. The summed E-state index contributed by atoms with van der Waals surface area (Å²) in [4.78, 5) is 73.1. The van der Waals surface area contributed by atoms with Crippen molar-refractivity contribution in [3.05, 3.63) is 0 Å². The maximum Gasteiger partial charge on any atom is 0.472 e. The fourth-order valence-corrected chi connectivity index (χ4v) is 14.4. The van der Waals surface area contributed by atoms with Gasteiger partial charge in [0.05, 0.1) is 26.4 Å². The molecule has 0 aliphatic rings. The number of aliphatic hydroxyl groups is 1. The number of carbonyl (C=O) groups is 4. The van der Waals surface area contributed by atoms with Gasteiger partial charge in [0, 0.05) is 25.7 Å². The van der Waals surface area contributed by atoms with Crippen molar-refractivity contribution in [1.29, 1.82) is 0 Å². The standard InChI is InChI=1S/C83H162O17P2/c1-8-10-11-12-13-14-15-23-31-36-45-52-59-66-82(87)100-79(71-94-81(86)65-58-51-44-39-38-42-49-56-63-76(7)9-2)73-98-102(91,92)96-69-77(84)68-95-101(89,90)97-72-78(70-93-80(85)64-57-50-43-35-30-27-22-25-29-34-41-48-55-62-75(5)6)99-83(88)67-60-53-46-37-32-26-21-19-17-16-18-20-24-28-33-40-47-54-61-74(3)4/h74-79,84H,8-73H2,1-7H3,(H,89,90)(H,91,92)/t76?,77-,78-,79-/m1/s1. The number of unbranched alkanes of at least 4 members (excludes halogenated alkanes) is 48. The second kappa shape index (κ2) is 73.2. The molecule has 0 aliphatic carbocycles. The first-order chi connectivity index (χ1) is 49.3. The molecule has 17 nitrogen and oxygen atoms in total. The lowest BCUT2D eigenvalue weighted by molar-refractivity contribution is -0.161. The van der Waals surface area contributed by atoms with Gasteiger partial charge >= 0.3 is 39.5 Å². The third-order valence-electron chi connectivity index (χ3n) is 19.7. The highest BCUT2D eigenvalue weighted by Crippen LogP contribution is 2.45.